The van der Waals surface area contributed by atoms with Crippen LogP contribution in [0.3, 0.4) is 0 Å². The Morgan fingerprint density at radius 1 is 1.08 bits per heavy atom. The number of hydrogen-bond acceptors (Lipinski definition) is 5. The monoisotopic (exact) mass is 389 g/mol. The molecule has 8 heteroatoms. The van der Waals surface area contributed by atoms with Gasteiger partial charge in [-0.1, -0.05) is 18.7 Å². The van der Waals surface area contributed by atoms with Gasteiger partial charge in [-0.3, -0.25) is 9.59 Å². The normalized spacial score (nSPS) is 10.7. The Hall–Kier alpha value is -2.45. The summed E-state index contributed by atoms with van der Waals surface area (Å²) in [6.45, 7) is 1.80. The van der Waals surface area contributed by atoms with E-state index >= 15 is 0 Å². The van der Waals surface area contributed by atoms with Gasteiger partial charge in [-0.15, -0.1) is 11.3 Å². The van der Waals surface area contributed by atoms with E-state index in [4.69, 9.17) is 0 Å². The van der Waals surface area contributed by atoms with Crippen LogP contribution in [-0.2, 0) is 9.59 Å². The van der Waals surface area contributed by atoms with Crippen molar-refractivity contribution in [2.24, 2.45) is 0 Å². The molecule has 2 amide bonds. The van der Waals surface area contributed by atoms with Crippen molar-refractivity contribution in [1.29, 1.82) is 0 Å². The lowest BCUT2D eigenvalue weighted by molar-refractivity contribution is -0.116. The lowest BCUT2D eigenvalue weighted by atomic mass is 10.3. The van der Waals surface area contributed by atoms with Crippen molar-refractivity contribution in [2.45, 2.75) is 17.7 Å². The molecule has 3 rings (SSSR count). The van der Waals surface area contributed by atoms with E-state index in [0.717, 1.165) is 20.2 Å². The average Bonchev–Trinajstić information content (AvgIpc) is 3.04. The highest BCUT2D eigenvalue weighted by molar-refractivity contribution is 8.01. The van der Waals surface area contributed by atoms with Gasteiger partial charge in [0.05, 0.1) is 16.0 Å². The van der Waals surface area contributed by atoms with Crippen molar-refractivity contribution >= 4 is 56.5 Å². The summed E-state index contributed by atoms with van der Waals surface area (Å²) < 4.78 is 14.6. The molecular weight excluding hydrogens is 373 g/mol. The Kier molecular flexibility index (Phi) is 5.85. The third-order valence-electron chi connectivity index (χ3n) is 3.43. The third-order valence-corrected chi connectivity index (χ3v) is 5.59. The molecule has 0 radical (unpaired) electrons. The molecule has 0 bridgehead atoms. The second-order valence-corrected chi connectivity index (χ2v) is 7.66. The maximum atomic E-state index is 12.9. The van der Waals surface area contributed by atoms with Crippen molar-refractivity contribution in [3.63, 3.8) is 0 Å². The molecule has 0 saturated carbocycles. The highest BCUT2D eigenvalue weighted by Crippen LogP contribution is 2.31. The van der Waals surface area contributed by atoms with Gasteiger partial charge in [-0.2, -0.15) is 0 Å². The molecule has 0 aliphatic heterocycles. The number of anilines is 2. The van der Waals surface area contributed by atoms with Gasteiger partial charge in [0.25, 0.3) is 0 Å². The molecule has 1 heterocycles. The average molecular weight is 389 g/mol. The summed E-state index contributed by atoms with van der Waals surface area (Å²) in [5.74, 6) is -0.365. The zero-order chi connectivity index (χ0) is 18.5. The molecule has 0 aliphatic rings. The van der Waals surface area contributed by atoms with E-state index < -0.39 is 0 Å². The number of nitrogens with one attached hydrogen (secondary N) is 2. The second-order valence-electron chi connectivity index (χ2n) is 5.41. The molecule has 1 aromatic heterocycles. The Morgan fingerprint density at radius 2 is 1.77 bits per heavy atom. The molecule has 0 spiro atoms. The van der Waals surface area contributed by atoms with Crippen molar-refractivity contribution in [2.75, 3.05) is 16.4 Å². The number of halogens is 1. The predicted octanol–water partition coefficient (Wildman–Crippen LogP) is 4.51. The highest BCUT2D eigenvalue weighted by Gasteiger charge is 2.09. The summed E-state index contributed by atoms with van der Waals surface area (Å²) in [4.78, 5) is 28.0. The fraction of sp³-hybridized carbons (Fsp3) is 0.167. The number of carbonyl (C=O) groups is 2. The van der Waals surface area contributed by atoms with Crippen LogP contribution in [0.5, 0.6) is 0 Å². The topological polar surface area (TPSA) is 71.1 Å². The van der Waals surface area contributed by atoms with E-state index in [1.807, 2.05) is 18.2 Å². The minimum absolute atomic E-state index is 0.0408. The van der Waals surface area contributed by atoms with Crippen LogP contribution < -0.4 is 10.6 Å². The second kappa shape index (κ2) is 8.29. The number of thiazole rings is 1. The van der Waals surface area contributed by atoms with Crippen LogP contribution in [0, 0.1) is 5.82 Å². The zero-order valence-corrected chi connectivity index (χ0v) is 15.5. The fourth-order valence-corrected chi connectivity index (χ4v) is 4.06. The molecule has 0 aliphatic carbocycles. The number of rotatable bonds is 6. The van der Waals surface area contributed by atoms with Crippen molar-refractivity contribution < 1.29 is 14.0 Å². The first-order valence-corrected chi connectivity index (χ1v) is 9.72. The summed E-state index contributed by atoms with van der Waals surface area (Å²) in [7, 11) is 0. The first-order chi connectivity index (χ1) is 12.5. The summed E-state index contributed by atoms with van der Waals surface area (Å²) in [5.41, 5.74) is 2.11. The molecule has 3 aromatic rings. The van der Waals surface area contributed by atoms with Crippen LogP contribution in [0.1, 0.15) is 13.3 Å². The van der Waals surface area contributed by atoms with E-state index in [1.165, 1.54) is 47.4 Å². The number of hydrogen-bond donors (Lipinski definition) is 2. The number of nitrogens with zero attached hydrogens (tertiary/aromatic N) is 1. The number of thioether (sulfide) groups is 1. The standard InChI is InChI=1S/C18H16FN3O2S2/c1-2-16(23)21-13-7-8-14-15(9-13)26-18(22-14)25-10-17(24)20-12-5-3-11(19)4-6-12/h3-9H,2,10H2,1H3,(H,20,24)(H,21,23). The maximum Gasteiger partial charge on any atom is 0.234 e. The Bertz CT molecular complexity index is 941. The number of benzene rings is 2. The molecule has 2 aromatic carbocycles. The number of fused-ring (bicyclic) bond motifs is 1. The quantitative estimate of drug-likeness (QED) is 0.608. The molecular formula is C18H16FN3O2S2. The van der Waals surface area contributed by atoms with Gasteiger partial charge in [0, 0.05) is 17.8 Å². The van der Waals surface area contributed by atoms with E-state index in [-0.39, 0.29) is 23.4 Å². The zero-order valence-electron chi connectivity index (χ0n) is 13.9. The molecule has 2 N–H and O–H groups in total. The summed E-state index contributed by atoms with van der Waals surface area (Å²) in [6, 6.07) is 11.2. The van der Waals surface area contributed by atoms with Crippen molar-refractivity contribution in [1.82, 2.24) is 4.98 Å². The van der Waals surface area contributed by atoms with Gasteiger partial charge < -0.3 is 10.6 Å². The first-order valence-electron chi connectivity index (χ1n) is 7.92. The number of aromatic nitrogens is 1. The molecule has 0 atom stereocenters. The molecule has 0 fully saturated rings. The molecule has 0 saturated heterocycles. The molecule has 0 unspecified atom stereocenters. The van der Waals surface area contributed by atoms with E-state index in [0.29, 0.717) is 12.1 Å². The molecule has 134 valence electrons. The Labute approximate surface area is 158 Å². The first kappa shape index (κ1) is 18.3. The van der Waals surface area contributed by atoms with Crippen LogP contribution >= 0.6 is 23.1 Å². The summed E-state index contributed by atoms with van der Waals surface area (Å²) in [6.07, 6.45) is 0.422. The number of carbonyl (C=O) groups excluding carboxylic acids is 2. The summed E-state index contributed by atoms with van der Waals surface area (Å²) >= 11 is 2.80. The smallest absolute Gasteiger partial charge is 0.234 e. The van der Waals surface area contributed by atoms with Gasteiger partial charge in [0.2, 0.25) is 11.8 Å². The van der Waals surface area contributed by atoms with Crippen LogP contribution in [0.15, 0.2) is 46.8 Å². The third kappa shape index (κ3) is 4.80. The lowest BCUT2D eigenvalue weighted by Crippen LogP contribution is -2.13. The fourth-order valence-electron chi connectivity index (χ4n) is 2.15. The van der Waals surface area contributed by atoms with Crippen molar-refractivity contribution in [3.8, 4) is 0 Å². The highest BCUT2D eigenvalue weighted by atomic mass is 32.2. The predicted molar refractivity (Wildman–Crippen MR) is 104 cm³/mol. The largest absolute Gasteiger partial charge is 0.326 e. The van der Waals surface area contributed by atoms with E-state index in [9.17, 15) is 14.0 Å². The molecule has 5 nitrogen and oxygen atoms in total. The molecule has 26 heavy (non-hydrogen) atoms. The van der Waals surface area contributed by atoms with Crippen LogP contribution in [0.2, 0.25) is 0 Å². The van der Waals surface area contributed by atoms with Crippen LogP contribution in [-0.4, -0.2) is 22.6 Å². The SMILES string of the molecule is CCC(=O)Nc1ccc2nc(SCC(=O)Nc3ccc(F)cc3)sc2c1. The van der Waals surface area contributed by atoms with Crippen LogP contribution in [0.4, 0.5) is 15.8 Å². The van der Waals surface area contributed by atoms with Crippen LogP contribution in [0.25, 0.3) is 10.2 Å². The van der Waals surface area contributed by atoms with Gasteiger partial charge in [-0.05, 0) is 42.5 Å². The minimum Gasteiger partial charge on any atom is -0.326 e. The van der Waals surface area contributed by atoms with Gasteiger partial charge in [0.1, 0.15) is 5.82 Å². The Balaban J connectivity index is 1.60. The maximum absolute atomic E-state index is 12.9. The van der Waals surface area contributed by atoms with Crippen molar-refractivity contribution in [3.05, 3.63) is 48.3 Å². The van der Waals surface area contributed by atoms with E-state index in [2.05, 4.69) is 15.6 Å². The Morgan fingerprint density at radius 3 is 2.50 bits per heavy atom. The summed E-state index contributed by atoms with van der Waals surface area (Å²) in [5, 5.41) is 5.53. The van der Waals surface area contributed by atoms with Gasteiger partial charge >= 0.3 is 0 Å². The minimum atomic E-state index is -0.346. The van der Waals surface area contributed by atoms with Gasteiger partial charge in [-0.25, -0.2) is 9.37 Å². The lowest BCUT2D eigenvalue weighted by Gasteiger charge is -2.03. The number of amides is 2. The van der Waals surface area contributed by atoms with Gasteiger partial charge in [0.15, 0.2) is 4.34 Å². The van der Waals surface area contributed by atoms with E-state index in [1.54, 1.807) is 6.92 Å².